The number of amides is 1. The summed E-state index contributed by atoms with van der Waals surface area (Å²) in [5, 5.41) is 3.04. The van der Waals surface area contributed by atoms with Crippen molar-refractivity contribution >= 4 is 29.2 Å². The summed E-state index contributed by atoms with van der Waals surface area (Å²) in [5.74, 6) is -0.491. The lowest BCUT2D eigenvalue weighted by Crippen LogP contribution is -2.30. The van der Waals surface area contributed by atoms with E-state index in [1.54, 1.807) is 30.3 Å². The molecule has 0 fully saturated rings. The Morgan fingerprint density at radius 1 is 1.07 bits per heavy atom. The van der Waals surface area contributed by atoms with Crippen molar-refractivity contribution in [2.45, 2.75) is 39.2 Å². The Morgan fingerprint density at radius 3 is 2.22 bits per heavy atom. The quantitative estimate of drug-likeness (QED) is 0.744. The number of rotatable bonds is 5. The summed E-state index contributed by atoms with van der Waals surface area (Å²) in [6.45, 7) is 7.80. The van der Waals surface area contributed by atoms with Gasteiger partial charge < -0.3 is 14.8 Å². The Kier molecular flexibility index (Phi) is 6.50. The maximum Gasteiger partial charge on any atom is 0.338 e. The van der Waals surface area contributed by atoms with Gasteiger partial charge in [-0.25, -0.2) is 4.79 Å². The third-order valence-corrected chi connectivity index (χ3v) is 4.35. The number of methoxy groups -OCH3 is 1. The highest BCUT2D eigenvalue weighted by atomic mass is 35.5. The van der Waals surface area contributed by atoms with Gasteiger partial charge in [-0.15, -0.1) is 0 Å². The molecule has 6 heteroatoms. The molecule has 1 atom stereocenters. The lowest BCUT2D eigenvalue weighted by molar-refractivity contribution is -0.123. The molecule has 0 spiro atoms. The summed E-state index contributed by atoms with van der Waals surface area (Å²) < 4.78 is 10.3. The van der Waals surface area contributed by atoms with Gasteiger partial charge in [0.1, 0.15) is 5.75 Å². The van der Waals surface area contributed by atoms with Gasteiger partial charge in [0.2, 0.25) is 0 Å². The van der Waals surface area contributed by atoms with Gasteiger partial charge in [-0.1, -0.05) is 44.5 Å². The molecule has 0 aliphatic heterocycles. The molecule has 2 aromatic rings. The first-order valence-corrected chi connectivity index (χ1v) is 8.95. The highest BCUT2D eigenvalue weighted by Gasteiger charge is 2.20. The third-order valence-electron chi connectivity index (χ3n) is 4.06. The van der Waals surface area contributed by atoms with E-state index >= 15 is 0 Å². The number of carbonyl (C=O) groups excluding carboxylic acids is 2. The highest BCUT2D eigenvalue weighted by molar-refractivity contribution is 6.32. The van der Waals surface area contributed by atoms with Crippen LogP contribution < -0.4 is 10.1 Å². The van der Waals surface area contributed by atoms with Gasteiger partial charge in [-0.3, -0.25) is 4.79 Å². The zero-order valence-electron chi connectivity index (χ0n) is 16.1. The number of hydrogen-bond donors (Lipinski definition) is 1. The zero-order chi connectivity index (χ0) is 20.2. The maximum absolute atomic E-state index is 12.3. The van der Waals surface area contributed by atoms with Crippen LogP contribution in [0.1, 0.15) is 43.6 Å². The largest absolute Gasteiger partial charge is 0.495 e. The van der Waals surface area contributed by atoms with Crippen molar-refractivity contribution in [2.75, 3.05) is 12.4 Å². The fourth-order valence-corrected chi connectivity index (χ4v) is 2.63. The Balaban J connectivity index is 1.99. The first-order chi connectivity index (χ1) is 12.6. The Morgan fingerprint density at radius 2 is 1.70 bits per heavy atom. The van der Waals surface area contributed by atoms with Gasteiger partial charge in [-0.05, 0) is 48.2 Å². The topological polar surface area (TPSA) is 64.6 Å². The predicted molar refractivity (Wildman–Crippen MR) is 107 cm³/mol. The first kappa shape index (κ1) is 20.8. The molecule has 5 nitrogen and oxygen atoms in total. The molecule has 0 aromatic heterocycles. The van der Waals surface area contributed by atoms with Gasteiger partial charge in [0.05, 0.1) is 17.7 Å². The SMILES string of the molecule is COc1ccc(NC(=O)C(C)OC(=O)c2ccc(C(C)(C)C)cc2)cc1Cl. The Bertz CT molecular complexity index is 825. The number of esters is 1. The minimum Gasteiger partial charge on any atom is -0.495 e. The molecule has 2 aromatic carbocycles. The zero-order valence-corrected chi connectivity index (χ0v) is 16.9. The van der Waals surface area contributed by atoms with Crippen molar-refractivity contribution in [3.05, 3.63) is 58.6 Å². The predicted octanol–water partition coefficient (Wildman–Crippen LogP) is 4.83. The number of benzene rings is 2. The number of carbonyl (C=O) groups is 2. The summed E-state index contributed by atoms with van der Waals surface area (Å²) in [6.07, 6.45) is -0.958. The number of nitrogens with one attached hydrogen (secondary N) is 1. The summed E-state index contributed by atoms with van der Waals surface area (Å²) >= 11 is 6.04. The molecule has 0 heterocycles. The van der Waals surface area contributed by atoms with Crippen molar-refractivity contribution in [1.29, 1.82) is 0 Å². The summed E-state index contributed by atoms with van der Waals surface area (Å²) in [7, 11) is 1.51. The van der Waals surface area contributed by atoms with Crippen LogP contribution >= 0.6 is 11.6 Å². The number of halogens is 1. The molecule has 1 N–H and O–H groups in total. The van der Waals surface area contributed by atoms with Crippen molar-refractivity contribution in [3.8, 4) is 5.75 Å². The van der Waals surface area contributed by atoms with Gasteiger partial charge in [-0.2, -0.15) is 0 Å². The van der Waals surface area contributed by atoms with E-state index < -0.39 is 18.0 Å². The number of hydrogen-bond acceptors (Lipinski definition) is 4. The Hall–Kier alpha value is -2.53. The van der Waals surface area contributed by atoms with Gasteiger partial charge in [0, 0.05) is 5.69 Å². The van der Waals surface area contributed by atoms with E-state index in [1.807, 2.05) is 12.1 Å². The Labute approximate surface area is 164 Å². The van der Waals surface area contributed by atoms with Crippen LogP contribution in [0.15, 0.2) is 42.5 Å². The lowest BCUT2D eigenvalue weighted by Gasteiger charge is -2.19. The fraction of sp³-hybridized carbons (Fsp3) is 0.333. The van der Waals surface area contributed by atoms with E-state index in [2.05, 4.69) is 26.1 Å². The molecule has 0 aliphatic rings. The highest BCUT2D eigenvalue weighted by Crippen LogP contribution is 2.27. The van der Waals surface area contributed by atoms with Crippen LogP contribution in [0.5, 0.6) is 5.75 Å². The van der Waals surface area contributed by atoms with Crippen LogP contribution in [0.3, 0.4) is 0 Å². The van der Waals surface area contributed by atoms with Crippen LogP contribution in [0.4, 0.5) is 5.69 Å². The molecule has 0 saturated carbocycles. The van der Waals surface area contributed by atoms with E-state index in [4.69, 9.17) is 21.1 Å². The van der Waals surface area contributed by atoms with Gasteiger partial charge >= 0.3 is 5.97 Å². The van der Waals surface area contributed by atoms with Crippen LogP contribution in [-0.4, -0.2) is 25.1 Å². The normalized spacial score (nSPS) is 12.2. The summed E-state index contributed by atoms with van der Waals surface area (Å²) in [4.78, 5) is 24.5. The second kappa shape index (κ2) is 8.44. The molecule has 0 radical (unpaired) electrons. The smallest absolute Gasteiger partial charge is 0.338 e. The van der Waals surface area contributed by atoms with E-state index in [9.17, 15) is 9.59 Å². The molecule has 0 aliphatic carbocycles. The molecule has 27 heavy (non-hydrogen) atoms. The van der Waals surface area contributed by atoms with E-state index in [0.717, 1.165) is 5.56 Å². The molecule has 1 amide bonds. The van der Waals surface area contributed by atoms with Gasteiger partial charge in [0.25, 0.3) is 5.91 Å². The molecular weight excluding hydrogens is 366 g/mol. The minimum absolute atomic E-state index is 0.00471. The molecule has 1 unspecified atom stereocenters. The average molecular weight is 390 g/mol. The van der Waals surface area contributed by atoms with Crippen molar-refractivity contribution in [1.82, 2.24) is 0 Å². The first-order valence-electron chi connectivity index (χ1n) is 8.57. The van der Waals surface area contributed by atoms with Crippen LogP contribution in [0.25, 0.3) is 0 Å². The second-order valence-corrected chi connectivity index (χ2v) is 7.62. The number of anilines is 1. The van der Waals surface area contributed by atoms with Crippen molar-refractivity contribution in [2.24, 2.45) is 0 Å². The third kappa shape index (κ3) is 5.47. The fourth-order valence-electron chi connectivity index (χ4n) is 2.38. The molecule has 0 saturated heterocycles. The monoisotopic (exact) mass is 389 g/mol. The van der Waals surface area contributed by atoms with E-state index in [0.29, 0.717) is 22.0 Å². The van der Waals surface area contributed by atoms with Crippen LogP contribution in [0, 0.1) is 0 Å². The summed E-state index contributed by atoms with van der Waals surface area (Å²) in [5.41, 5.74) is 1.99. The van der Waals surface area contributed by atoms with Crippen molar-refractivity contribution < 1.29 is 19.1 Å². The van der Waals surface area contributed by atoms with Gasteiger partial charge in [0.15, 0.2) is 6.10 Å². The maximum atomic E-state index is 12.3. The molecule has 2 rings (SSSR count). The molecule has 144 valence electrons. The minimum atomic E-state index is -0.958. The molecular formula is C21H24ClNO4. The molecule has 0 bridgehead atoms. The summed E-state index contributed by atoms with van der Waals surface area (Å²) in [6, 6.07) is 12.1. The number of ether oxygens (including phenoxy) is 2. The van der Waals surface area contributed by atoms with Crippen LogP contribution in [-0.2, 0) is 14.9 Å². The lowest BCUT2D eigenvalue weighted by atomic mass is 9.87. The standard InChI is InChI=1S/C21H24ClNO4/c1-13(19(24)23-16-10-11-18(26-5)17(22)12-16)27-20(25)14-6-8-15(9-7-14)21(2,3)4/h6-13H,1-5H3,(H,23,24). The van der Waals surface area contributed by atoms with Crippen LogP contribution in [0.2, 0.25) is 5.02 Å². The van der Waals surface area contributed by atoms with E-state index in [-0.39, 0.29) is 5.41 Å². The van der Waals surface area contributed by atoms with E-state index in [1.165, 1.54) is 14.0 Å². The van der Waals surface area contributed by atoms with Crippen molar-refractivity contribution in [3.63, 3.8) is 0 Å². The average Bonchev–Trinajstić information content (AvgIpc) is 2.61. The second-order valence-electron chi connectivity index (χ2n) is 7.21.